The number of aromatic carboxylic acids is 1. The van der Waals surface area contributed by atoms with E-state index in [1.54, 1.807) is 11.8 Å². The summed E-state index contributed by atoms with van der Waals surface area (Å²) in [6.45, 7) is 4.36. The molecule has 0 aromatic heterocycles. The van der Waals surface area contributed by atoms with Gasteiger partial charge in [0.05, 0.1) is 5.56 Å². The number of allylic oxidation sites excluding steroid dienone is 1. The average Bonchev–Trinajstić information content (AvgIpc) is 2.63. The number of hydrogen-bond acceptors (Lipinski definition) is 4. The van der Waals surface area contributed by atoms with Crippen molar-refractivity contribution in [1.29, 1.82) is 0 Å². The zero-order chi connectivity index (χ0) is 19.6. The van der Waals surface area contributed by atoms with E-state index in [4.69, 9.17) is 0 Å². The maximum Gasteiger partial charge on any atom is 0.336 e. The van der Waals surface area contributed by atoms with Crippen LogP contribution in [0.5, 0.6) is 0 Å². The van der Waals surface area contributed by atoms with Crippen molar-refractivity contribution < 1.29 is 19.5 Å². The highest BCUT2D eigenvalue weighted by Gasteiger charge is 2.28. The Labute approximate surface area is 161 Å². The predicted octanol–water partition coefficient (Wildman–Crippen LogP) is 5.19. The maximum absolute atomic E-state index is 14.1. The number of nitrogens with zero attached hydrogens (tertiary/aromatic N) is 1. The van der Waals surface area contributed by atoms with Gasteiger partial charge in [0.25, 0.3) is 0 Å². The molecule has 2 aromatic rings. The van der Waals surface area contributed by atoms with Crippen molar-refractivity contribution in [3.05, 3.63) is 70.5 Å². The Hall–Kier alpha value is -2.60. The highest BCUT2D eigenvalue weighted by atomic mass is 32.2. The summed E-state index contributed by atoms with van der Waals surface area (Å²) in [7, 11) is 0. The molecule has 0 spiro atoms. The van der Waals surface area contributed by atoms with Gasteiger partial charge in [-0.1, -0.05) is 31.1 Å². The molecule has 0 radical (unpaired) electrons. The van der Waals surface area contributed by atoms with Crippen LogP contribution in [-0.4, -0.2) is 27.7 Å². The van der Waals surface area contributed by atoms with Crippen LogP contribution in [0, 0.1) is 5.82 Å². The van der Waals surface area contributed by atoms with Crippen molar-refractivity contribution in [3.8, 4) is 0 Å². The number of benzene rings is 2. The van der Waals surface area contributed by atoms with E-state index in [-0.39, 0.29) is 22.3 Å². The molecule has 140 valence electrons. The van der Waals surface area contributed by atoms with E-state index < -0.39 is 11.8 Å². The molecule has 1 aliphatic rings. The quantitative estimate of drug-likeness (QED) is 0.432. The molecule has 4 nitrogen and oxygen atoms in total. The number of rotatable bonds is 4. The van der Waals surface area contributed by atoms with Crippen LogP contribution in [0.1, 0.15) is 47.3 Å². The van der Waals surface area contributed by atoms with Crippen LogP contribution >= 0.6 is 11.8 Å². The minimum absolute atomic E-state index is 0.0168. The number of oxime groups is 1. The number of fused-ring (bicyclic) bond motifs is 1. The van der Waals surface area contributed by atoms with Crippen LogP contribution in [0.4, 0.5) is 4.39 Å². The summed E-state index contributed by atoms with van der Waals surface area (Å²) in [5, 5.41) is 22.0. The van der Waals surface area contributed by atoms with Gasteiger partial charge in [-0.15, -0.1) is 11.8 Å². The van der Waals surface area contributed by atoms with E-state index >= 15 is 0 Å². The van der Waals surface area contributed by atoms with Crippen molar-refractivity contribution in [2.75, 3.05) is 5.75 Å². The fourth-order valence-corrected chi connectivity index (χ4v) is 4.62. The first-order valence-corrected chi connectivity index (χ1v) is 9.52. The zero-order valence-corrected chi connectivity index (χ0v) is 15.9. The van der Waals surface area contributed by atoms with E-state index in [0.717, 1.165) is 12.2 Å². The second-order valence-electron chi connectivity index (χ2n) is 7.02. The fourth-order valence-electron chi connectivity index (χ4n) is 3.14. The van der Waals surface area contributed by atoms with Crippen molar-refractivity contribution in [2.24, 2.45) is 5.16 Å². The summed E-state index contributed by atoms with van der Waals surface area (Å²) >= 11 is 1.80. The smallest absolute Gasteiger partial charge is 0.336 e. The number of carbonyl (C=O) groups is 1. The van der Waals surface area contributed by atoms with E-state index in [1.165, 1.54) is 40.8 Å². The third-order valence-corrected chi connectivity index (χ3v) is 5.86. The molecule has 2 N–H and O–H groups in total. The Morgan fingerprint density at radius 1 is 1.30 bits per heavy atom. The Morgan fingerprint density at radius 3 is 2.78 bits per heavy atom. The molecule has 0 saturated heterocycles. The Balaban J connectivity index is 1.99. The largest absolute Gasteiger partial charge is 0.478 e. The Bertz CT molecular complexity index is 950. The van der Waals surface area contributed by atoms with E-state index in [0.29, 0.717) is 5.56 Å². The summed E-state index contributed by atoms with van der Waals surface area (Å²) in [6, 6.07) is 9.72. The predicted molar refractivity (Wildman–Crippen MR) is 106 cm³/mol. The van der Waals surface area contributed by atoms with Crippen LogP contribution < -0.4 is 0 Å². The Morgan fingerprint density at radius 2 is 2.07 bits per heavy atom. The molecule has 0 amide bonds. The van der Waals surface area contributed by atoms with Crippen LogP contribution in [0.3, 0.4) is 0 Å². The van der Waals surface area contributed by atoms with Gasteiger partial charge in [-0.2, -0.15) is 0 Å². The number of halogens is 1. The summed E-state index contributed by atoms with van der Waals surface area (Å²) < 4.78 is 14.1. The third kappa shape index (κ3) is 3.90. The van der Waals surface area contributed by atoms with Gasteiger partial charge in [0.1, 0.15) is 11.5 Å². The fraction of sp³-hybridized carbons (Fsp3) is 0.238. The lowest BCUT2D eigenvalue weighted by Gasteiger charge is -2.32. The molecule has 0 fully saturated rings. The van der Waals surface area contributed by atoms with E-state index in [9.17, 15) is 19.5 Å². The van der Waals surface area contributed by atoms with Gasteiger partial charge in [0, 0.05) is 16.0 Å². The zero-order valence-electron chi connectivity index (χ0n) is 15.1. The molecular weight excluding hydrogens is 365 g/mol. The first kappa shape index (κ1) is 19.2. The molecule has 0 unspecified atom stereocenters. The van der Waals surface area contributed by atoms with Crippen molar-refractivity contribution in [3.63, 3.8) is 0 Å². The summed E-state index contributed by atoms with van der Waals surface area (Å²) in [6.07, 6.45) is 3.80. The summed E-state index contributed by atoms with van der Waals surface area (Å²) in [5.41, 5.74) is 1.93. The number of carboxylic acids is 1. The Kier molecular flexibility index (Phi) is 5.37. The molecule has 2 aromatic carbocycles. The lowest BCUT2D eigenvalue weighted by Crippen LogP contribution is -2.23. The molecule has 0 aliphatic carbocycles. The van der Waals surface area contributed by atoms with Crippen molar-refractivity contribution in [2.45, 2.75) is 30.6 Å². The minimum atomic E-state index is -1.22. The number of hydrogen-bond donors (Lipinski definition) is 2. The van der Waals surface area contributed by atoms with Crippen molar-refractivity contribution in [1.82, 2.24) is 0 Å². The molecule has 0 atom stereocenters. The lowest BCUT2D eigenvalue weighted by molar-refractivity contribution is 0.0696. The van der Waals surface area contributed by atoms with E-state index in [1.807, 2.05) is 18.2 Å². The van der Waals surface area contributed by atoms with Gasteiger partial charge in [0.2, 0.25) is 0 Å². The standard InChI is InChI=1S/C21H20FNO3S/c1-21(2)10-11-27-19-9-6-13(12-16(19)21)18(23-26)8-7-14-15(20(24)25)4-3-5-17(14)22/h3-9,12,26H,10-11H2,1-2H3,(H,24,25). The van der Waals surface area contributed by atoms with Gasteiger partial charge >= 0.3 is 5.97 Å². The van der Waals surface area contributed by atoms with Gasteiger partial charge in [-0.3, -0.25) is 0 Å². The molecule has 1 aliphatic heterocycles. The first-order chi connectivity index (χ1) is 12.8. The van der Waals surface area contributed by atoms with Crippen LogP contribution in [0.2, 0.25) is 0 Å². The van der Waals surface area contributed by atoms with Crippen molar-refractivity contribution >= 4 is 29.5 Å². The molecular formula is C21H20FNO3S. The molecule has 1 heterocycles. The normalized spacial score (nSPS) is 16.3. The van der Waals surface area contributed by atoms with Gasteiger partial charge in [-0.25, -0.2) is 9.18 Å². The monoisotopic (exact) mass is 385 g/mol. The lowest BCUT2D eigenvalue weighted by atomic mass is 9.81. The molecule has 3 rings (SSSR count). The topological polar surface area (TPSA) is 69.9 Å². The average molecular weight is 385 g/mol. The first-order valence-electron chi connectivity index (χ1n) is 8.53. The molecule has 6 heteroatoms. The third-order valence-electron chi connectivity index (χ3n) is 4.79. The van der Waals surface area contributed by atoms with Gasteiger partial charge in [0.15, 0.2) is 0 Å². The number of thioether (sulfide) groups is 1. The van der Waals surface area contributed by atoms with Gasteiger partial charge in [-0.05, 0) is 59.6 Å². The van der Waals surface area contributed by atoms with Gasteiger partial charge < -0.3 is 10.3 Å². The second kappa shape index (κ2) is 7.56. The van der Waals surface area contributed by atoms with Crippen LogP contribution in [-0.2, 0) is 5.41 Å². The second-order valence-corrected chi connectivity index (χ2v) is 8.15. The summed E-state index contributed by atoms with van der Waals surface area (Å²) in [4.78, 5) is 12.5. The van der Waals surface area contributed by atoms with Crippen LogP contribution in [0.25, 0.3) is 6.08 Å². The highest BCUT2D eigenvalue weighted by Crippen LogP contribution is 2.41. The summed E-state index contributed by atoms with van der Waals surface area (Å²) in [5.74, 6) is -0.804. The molecule has 27 heavy (non-hydrogen) atoms. The minimum Gasteiger partial charge on any atom is -0.478 e. The van der Waals surface area contributed by atoms with Crippen LogP contribution in [0.15, 0.2) is 52.5 Å². The number of carboxylic acid groups (broad SMARTS) is 1. The highest BCUT2D eigenvalue weighted by molar-refractivity contribution is 7.99. The molecule has 0 saturated carbocycles. The molecule has 0 bridgehead atoms. The SMILES string of the molecule is CC1(C)CCSc2ccc(C(C=Cc3c(F)cccc3C(=O)O)=NO)cc21. The van der Waals surface area contributed by atoms with E-state index in [2.05, 4.69) is 19.0 Å². The maximum atomic E-state index is 14.1.